The molecule has 0 radical (unpaired) electrons. The molecule has 0 spiro atoms. The van der Waals surface area contributed by atoms with Crippen LogP contribution in [0.2, 0.25) is 0 Å². The van der Waals surface area contributed by atoms with Crippen LogP contribution in [0.15, 0.2) is 42.5 Å². The molecule has 2 aromatic rings. The third-order valence-electron chi connectivity index (χ3n) is 4.23. The number of carboxylic acids is 1. The molecule has 1 fully saturated rings. The summed E-state index contributed by atoms with van der Waals surface area (Å²) in [7, 11) is 0. The van der Waals surface area contributed by atoms with Crippen molar-refractivity contribution in [3.8, 4) is 0 Å². The minimum Gasteiger partial charge on any atom is -0.481 e. The molecule has 0 aromatic heterocycles. The normalized spacial score (nSPS) is 23.2. The van der Waals surface area contributed by atoms with E-state index in [4.69, 9.17) is 0 Å². The molecular formula is C17H19NO2. The summed E-state index contributed by atoms with van der Waals surface area (Å²) in [5.74, 6) is -0.665. The van der Waals surface area contributed by atoms with Crippen molar-refractivity contribution in [2.75, 3.05) is 13.1 Å². The maximum Gasteiger partial charge on any atom is 0.308 e. The maximum atomic E-state index is 11.2. The highest BCUT2D eigenvalue weighted by atomic mass is 16.4. The molecule has 0 saturated carbocycles. The van der Waals surface area contributed by atoms with Gasteiger partial charge in [0.05, 0.1) is 5.92 Å². The van der Waals surface area contributed by atoms with E-state index in [1.54, 1.807) is 0 Å². The second kappa shape index (κ2) is 5.25. The number of rotatable bonds is 3. The number of likely N-dealkylation sites (tertiary alicyclic amines) is 1. The van der Waals surface area contributed by atoms with Crippen LogP contribution in [-0.2, 0) is 11.3 Å². The van der Waals surface area contributed by atoms with Crippen LogP contribution in [0.3, 0.4) is 0 Å². The van der Waals surface area contributed by atoms with Crippen molar-refractivity contribution in [2.45, 2.75) is 13.5 Å². The van der Waals surface area contributed by atoms with Crippen molar-refractivity contribution in [1.82, 2.24) is 4.90 Å². The fraction of sp³-hybridized carbons (Fsp3) is 0.353. The van der Waals surface area contributed by atoms with Crippen LogP contribution in [0.25, 0.3) is 10.8 Å². The standard InChI is InChI=1S/C17H19NO2/c1-12-9-18(11-16(12)17(19)20)10-13-6-7-14-4-2-3-5-15(14)8-13/h2-8,12,16H,9-11H2,1H3,(H,19,20). The van der Waals surface area contributed by atoms with E-state index in [2.05, 4.69) is 35.2 Å². The molecule has 1 aliphatic rings. The van der Waals surface area contributed by atoms with E-state index in [1.807, 2.05) is 19.1 Å². The lowest BCUT2D eigenvalue weighted by Crippen LogP contribution is -2.23. The summed E-state index contributed by atoms with van der Waals surface area (Å²) in [6, 6.07) is 14.8. The Bertz CT molecular complexity index is 638. The van der Waals surface area contributed by atoms with Gasteiger partial charge in [0.25, 0.3) is 0 Å². The molecule has 0 bridgehead atoms. The van der Waals surface area contributed by atoms with Gasteiger partial charge in [-0.3, -0.25) is 9.69 Å². The Morgan fingerprint density at radius 1 is 1.20 bits per heavy atom. The van der Waals surface area contributed by atoms with Crippen molar-refractivity contribution in [1.29, 1.82) is 0 Å². The number of hydrogen-bond acceptors (Lipinski definition) is 2. The summed E-state index contributed by atoms with van der Waals surface area (Å²) in [5.41, 5.74) is 1.25. The molecule has 0 amide bonds. The number of aliphatic carboxylic acids is 1. The summed E-state index contributed by atoms with van der Waals surface area (Å²) in [4.78, 5) is 13.4. The van der Waals surface area contributed by atoms with E-state index in [0.717, 1.165) is 13.1 Å². The molecule has 2 aromatic carbocycles. The van der Waals surface area contributed by atoms with E-state index in [1.165, 1.54) is 16.3 Å². The van der Waals surface area contributed by atoms with Gasteiger partial charge in [0.15, 0.2) is 0 Å². The summed E-state index contributed by atoms with van der Waals surface area (Å²) < 4.78 is 0. The summed E-state index contributed by atoms with van der Waals surface area (Å²) in [5, 5.41) is 11.7. The van der Waals surface area contributed by atoms with Gasteiger partial charge in [-0.1, -0.05) is 43.3 Å². The van der Waals surface area contributed by atoms with Crippen LogP contribution in [0.4, 0.5) is 0 Å². The van der Waals surface area contributed by atoms with Gasteiger partial charge in [-0.2, -0.15) is 0 Å². The minimum absolute atomic E-state index is 0.226. The second-order valence-corrected chi connectivity index (χ2v) is 5.80. The van der Waals surface area contributed by atoms with Gasteiger partial charge in [-0.25, -0.2) is 0 Å². The Labute approximate surface area is 118 Å². The number of carbonyl (C=O) groups is 1. The molecule has 3 nitrogen and oxygen atoms in total. The third kappa shape index (κ3) is 2.54. The Hall–Kier alpha value is -1.87. The zero-order chi connectivity index (χ0) is 14.1. The summed E-state index contributed by atoms with van der Waals surface area (Å²) in [6.07, 6.45) is 0. The van der Waals surface area contributed by atoms with Crippen LogP contribution >= 0.6 is 0 Å². The predicted molar refractivity (Wildman–Crippen MR) is 79.5 cm³/mol. The number of hydrogen-bond donors (Lipinski definition) is 1. The highest BCUT2D eigenvalue weighted by Crippen LogP contribution is 2.25. The lowest BCUT2D eigenvalue weighted by molar-refractivity contribution is -0.142. The van der Waals surface area contributed by atoms with Gasteiger partial charge in [0.2, 0.25) is 0 Å². The van der Waals surface area contributed by atoms with Gasteiger partial charge in [-0.05, 0) is 28.3 Å². The Kier molecular flexibility index (Phi) is 3.45. The van der Waals surface area contributed by atoms with Crippen LogP contribution in [0, 0.1) is 11.8 Å². The first-order chi connectivity index (χ1) is 9.63. The molecular weight excluding hydrogens is 250 g/mol. The van der Waals surface area contributed by atoms with E-state index >= 15 is 0 Å². The highest BCUT2D eigenvalue weighted by Gasteiger charge is 2.34. The van der Waals surface area contributed by atoms with Gasteiger partial charge < -0.3 is 5.11 Å². The first kappa shape index (κ1) is 13.1. The fourth-order valence-corrected chi connectivity index (χ4v) is 3.11. The van der Waals surface area contributed by atoms with Crippen LogP contribution in [0.1, 0.15) is 12.5 Å². The van der Waals surface area contributed by atoms with Crippen molar-refractivity contribution >= 4 is 16.7 Å². The van der Waals surface area contributed by atoms with Gasteiger partial charge in [-0.15, -0.1) is 0 Å². The minimum atomic E-state index is -0.668. The van der Waals surface area contributed by atoms with Gasteiger partial charge in [0.1, 0.15) is 0 Å². The van der Waals surface area contributed by atoms with Crippen LogP contribution in [0.5, 0.6) is 0 Å². The molecule has 0 aliphatic carbocycles. The molecule has 1 aliphatic heterocycles. The first-order valence-corrected chi connectivity index (χ1v) is 7.06. The molecule has 3 heteroatoms. The summed E-state index contributed by atoms with van der Waals surface area (Å²) in [6.45, 7) is 4.38. The average Bonchev–Trinajstić information content (AvgIpc) is 2.79. The fourth-order valence-electron chi connectivity index (χ4n) is 3.11. The zero-order valence-corrected chi connectivity index (χ0v) is 11.6. The van der Waals surface area contributed by atoms with Crippen molar-refractivity contribution in [3.05, 3.63) is 48.0 Å². The lowest BCUT2D eigenvalue weighted by atomic mass is 9.99. The highest BCUT2D eigenvalue weighted by molar-refractivity contribution is 5.83. The Morgan fingerprint density at radius 3 is 2.65 bits per heavy atom. The summed E-state index contributed by atoms with van der Waals surface area (Å²) >= 11 is 0. The molecule has 104 valence electrons. The van der Waals surface area contributed by atoms with Crippen molar-refractivity contribution in [2.24, 2.45) is 11.8 Å². The van der Waals surface area contributed by atoms with Crippen molar-refractivity contribution in [3.63, 3.8) is 0 Å². The van der Waals surface area contributed by atoms with E-state index < -0.39 is 5.97 Å². The van der Waals surface area contributed by atoms with Crippen LogP contribution in [-0.4, -0.2) is 29.1 Å². The van der Waals surface area contributed by atoms with E-state index in [-0.39, 0.29) is 11.8 Å². The quantitative estimate of drug-likeness (QED) is 0.931. The van der Waals surface area contributed by atoms with Gasteiger partial charge in [0, 0.05) is 19.6 Å². The topological polar surface area (TPSA) is 40.5 Å². The SMILES string of the molecule is CC1CN(Cc2ccc3ccccc3c2)CC1C(=O)O. The van der Waals surface area contributed by atoms with Crippen molar-refractivity contribution < 1.29 is 9.90 Å². The number of carboxylic acid groups (broad SMARTS) is 1. The third-order valence-corrected chi connectivity index (χ3v) is 4.23. The van der Waals surface area contributed by atoms with E-state index in [9.17, 15) is 9.90 Å². The average molecular weight is 269 g/mol. The largest absolute Gasteiger partial charge is 0.481 e. The first-order valence-electron chi connectivity index (χ1n) is 7.06. The lowest BCUT2D eigenvalue weighted by Gasteiger charge is -2.15. The number of fused-ring (bicyclic) bond motifs is 1. The Morgan fingerprint density at radius 2 is 1.95 bits per heavy atom. The monoisotopic (exact) mass is 269 g/mol. The number of benzene rings is 2. The molecule has 20 heavy (non-hydrogen) atoms. The molecule has 1 heterocycles. The molecule has 2 atom stereocenters. The maximum absolute atomic E-state index is 11.2. The molecule has 1 N–H and O–H groups in total. The Balaban J connectivity index is 1.75. The molecule has 1 saturated heterocycles. The molecule has 3 rings (SSSR count). The molecule has 2 unspecified atom stereocenters. The predicted octanol–water partition coefficient (Wildman–Crippen LogP) is 2.99. The van der Waals surface area contributed by atoms with Crippen LogP contribution < -0.4 is 0 Å². The van der Waals surface area contributed by atoms with Gasteiger partial charge >= 0.3 is 5.97 Å². The number of nitrogens with zero attached hydrogens (tertiary/aromatic N) is 1. The smallest absolute Gasteiger partial charge is 0.308 e. The second-order valence-electron chi connectivity index (χ2n) is 5.80. The van der Waals surface area contributed by atoms with E-state index in [0.29, 0.717) is 6.54 Å². The zero-order valence-electron chi connectivity index (χ0n) is 11.6.